The summed E-state index contributed by atoms with van der Waals surface area (Å²) >= 11 is 0. The van der Waals surface area contributed by atoms with E-state index in [0.29, 0.717) is 61.1 Å². The van der Waals surface area contributed by atoms with Crippen molar-refractivity contribution < 1.29 is 23.5 Å². The molecule has 9 nitrogen and oxygen atoms in total. The number of carbonyl (C=O) groups excluding carboxylic acids is 3. The molecule has 0 unspecified atom stereocenters. The van der Waals surface area contributed by atoms with Crippen LogP contribution in [0.1, 0.15) is 26.3 Å². The van der Waals surface area contributed by atoms with Crippen LogP contribution >= 0.6 is 0 Å². The van der Waals surface area contributed by atoms with Gasteiger partial charge in [-0.2, -0.15) is 0 Å². The number of hydrogen-bond acceptors (Lipinski definition) is 5. The van der Waals surface area contributed by atoms with Gasteiger partial charge in [0.05, 0.1) is 18.2 Å². The van der Waals surface area contributed by atoms with Crippen LogP contribution in [0.25, 0.3) is 0 Å². The minimum absolute atomic E-state index is 0.0883. The summed E-state index contributed by atoms with van der Waals surface area (Å²) in [7, 11) is 3.31. The Morgan fingerprint density at radius 1 is 0.795 bits per heavy atom. The van der Waals surface area contributed by atoms with Gasteiger partial charge < -0.3 is 30.1 Å². The van der Waals surface area contributed by atoms with Crippen molar-refractivity contribution in [2.75, 3.05) is 55.9 Å². The summed E-state index contributed by atoms with van der Waals surface area (Å²) in [6, 6.07) is 27.4. The van der Waals surface area contributed by atoms with Crippen molar-refractivity contribution in [2.24, 2.45) is 0 Å². The quantitative estimate of drug-likeness (QED) is 0.272. The van der Waals surface area contributed by atoms with Crippen LogP contribution in [0.3, 0.4) is 0 Å². The highest BCUT2D eigenvalue weighted by Gasteiger charge is 2.26. The van der Waals surface area contributed by atoms with Gasteiger partial charge in [0.1, 0.15) is 11.6 Å². The van der Waals surface area contributed by atoms with Gasteiger partial charge in [0.2, 0.25) is 0 Å². The molecule has 0 aliphatic carbocycles. The lowest BCUT2D eigenvalue weighted by atomic mass is 10.1. The molecule has 2 N–H and O–H groups in total. The Labute approximate surface area is 255 Å². The molecular formula is C34H34FN5O4. The molecule has 0 spiro atoms. The van der Waals surface area contributed by atoms with Crippen LogP contribution < -0.4 is 20.3 Å². The number of hydrogen-bond donors (Lipinski definition) is 2. The molecule has 4 aromatic carbocycles. The molecule has 0 bridgehead atoms. The number of rotatable bonds is 8. The van der Waals surface area contributed by atoms with E-state index in [1.807, 2.05) is 30.3 Å². The van der Waals surface area contributed by atoms with Gasteiger partial charge in [-0.3, -0.25) is 9.59 Å². The summed E-state index contributed by atoms with van der Waals surface area (Å²) in [4.78, 5) is 45.0. The molecular weight excluding hydrogens is 561 g/mol. The molecule has 1 aliphatic rings. The summed E-state index contributed by atoms with van der Waals surface area (Å²) in [5.41, 5.74) is 3.01. The van der Waals surface area contributed by atoms with Crippen molar-refractivity contribution >= 4 is 34.9 Å². The van der Waals surface area contributed by atoms with E-state index >= 15 is 0 Å². The highest BCUT2D eigenvalue weighted by molar-refractivity contribution is 6.06. The van der Waals surface area contributed by atoms with Crippen molar-refractivity contribution in [3.05, 3.63) is 120 Å². The molecule has 1 heterocycles. The van der Waals surface area contributed by atoms with E-state index in [0.717, 1.165) is 5.56 Å². The lowest BCUT2D eigenvalue weighted by Gasteiger charge is -2.37. The third kappa shape index (κ3) is 7.15. The average molecular weight is 596 g/mol. The maximum Gasteiger partial charge on any atom is 0.321 e. The molecule has 4 aromatic rings. The molecule has 0 saturated carbocycles. The monoisotopic (exact) mass is 595 g/mol. The predicted octanol–water partition coefficient (Wildman–Crippen LogP) is 5.71. The van der Waals surface area contributed by atoms with Gasteiger partial charge in [-0.1, -0.05) is 42.5 Å². The number of halogens is 1. The van der Waals surface area contributed by atoms with Crippen molar-refractivity contribution in [1.82, 2.24) is 9.80 Å². The number of benzene rings is 4. The topological polar surface area (TPSA) is 94.2 Å². The van der Waals surface area contributed by atoms with Gasteiger partial charge in [0, 0.05) is 56.8 Å². The van der Waals surface area contributed by atoms with Gasteiger partial charge in [-0.05, 0) is 60.2 Å². The minimum atomic E-state index is -0.630. The molecule has 0 aromatic heterocycles. The Hall–Kier alpha value is -5.38. The van der Waals surface area contributed by atoms with Crippen molar-refractivity contribution in [3.8, 4) is 5.75 Å². The van der Waals surface area contributed by atoms with Gasteiger partial charge in [0.15, 0.2) is 0 Å². The van der Waals surface area contributed by atoms with Crippen LogP contribution in [0.2, 0.25) is 0 Å². The zero-order valence-corrected chi connectivity index (χ0v) is 24.6. The van der Waals surface area contributed by atoms with Gasteiger partial charge in [-0.25, -0.2) is 9.18 Å². The number of nitrogens with zero attached hydrogens (tertiary/aromatic N) is 3. The van der Waals surface area contributed by atoms with E-state index in [2.05, 4.69) is 15.5 Å². The number of methoxy groups -OCH3 is 1. The molecule has 44 heavy (non-hydrogen) atoms. The summed E-state index contributed by atoms with van der Waals surface area (Å²) in [6.07, 6.45) is 0. The van der Waals surface area contributed by atoms with Crippen molar-refractivity contribution in [2.45, 2.75) is 6.54 Å². The lowest BCUT2D eigenvalue weighted by molar-refractivity contribution is 0.0785. The maximum absolute atomic E-state index is 14.2. The van der Waals surface area contributed by atoms with E-state index < -0.39 is 11.7 Å². The second kappa shape index (κ2) is 13.7. The molecule has 226 valence electrons. The van der Waals surface area contributed by atoms with E-state index in [9.17, 15) is 18.8 Å². The molecule has 4 amide bonds. The number of carbonyl (C=O) groups is 3. The summed E-state index contributed by atoms with van der Waals surface area (Å²) in [5.74, 6) is -0.766. The molecule has 0 radical (unpaired) electrons. The average Bonchev–Trinajstić information content (AvgIpc) is 3.05. The second-order valence-electron chi connectivity index (χ2n) is 10.4. The van der Waals surface area contributed by atoms with Gasteiger partial charge >= 0.3 is 6.03 Å². The third-order valence-electron chi connectivity index (χ3n) is 7.46. The fourth-order valence-corrected chi connectivity index (χ4v) is 5.07. The molecule has 10 heteroatoms. The standard InChI is InChI=1S/C34H34FN5O4/c1-38(23-24-8-4-3-5-9-24)33(42)29-22-26(36-32(41)28-10-6-7-11-30(28)35)14-17-31(29)39-18-20-40(21-19-39)34(43)37-25-12-15-27(44-2)16-13-25/h3-17,22H,18-21,23H2,1-2H3,(H,36,41)(H,37,43). The molecule has 1 fully saturated rings. The highest BCUT2D eigenvalue weighted by Crippen LogP contribution is 2.28. The number of anilines is 3. The maximum atomic E-state index is 14.2. The first-order valence-corrected chi connectivity index (χ1v) is 14.3. The minimum Gasteiger partial charge on any atom is -0.497 e. The second-order valence-corrected chi connectivity index (χ2v) is 10.4. The van der Waals surface area contributed by atoms with Crippen LogP contribution in [0.15, 0.2) is 97.1 Å². The summed E-state index contributed by atoms with van der Waals surface area (Å²) < 4.78 is 19.4. The van der Waals surface area contributed by atoms with E-state index in [4.69, 9.17) is 4.74 Å². The van der Waals surface area contributed by atoms with E-state index in [1.165, 1.54) is 18.2 Å². The fourth-order valence-electron chi connectivity index (χ4n) is 5.07. The molecule has 1 saturated heterocycles. The van der Waals surface area contributed by atoms with Crippen LogP contribution in [0.4, 0.5) is 26.2 Å². The third-order valence-corrected chi connectivity index (χ3v) is 7.46. The Kier molecular flexibility index (Phi) is 9.39. The normalized spacial score (nSPS) is 12.8. The number of urea groups is 1. The molecule has 0 atom stereocenters. The van der Waals surface area contributed by atoms with Crippen LogP contribution in [-0.4, -0.2) is 68.0 Å². The smallest absolute Gasteiger partial charge is 0.321 e. The predicted molar refractivity (Wildman–Crippen MR) is 169 cm³/mol. The van der Waals surface area contributed by atoms with Gasteiger partial charge in [-0.15, -0.1) is 0 Å². The zero-order chi connectivity index (χ0) is 31.1. The first-order chi connectivity index (χ1) is 21.3. The van der Waals surface area contributed by atoms with Crippen LogP contribution in [0.5, 0.6) is 5.75 Å². The molecule has 5 rings (SSSR count). The Bertz CT molecular complexity index is 1620. The zero-order valence-electron chi connectivity index (χ0n) is 24.6. The Balaban J connectivity index is 1.33. The van der Waals surface area contributed by atoms with Gasteiger partial charge in [0.25, 0.3) is 11.8 Å². The number of nitrogens with one attached hydrogen (secondary N) is 2. The van der Waals surface area contributed by atoms with E-state index in [-0.39, 0.29) is 17.5 Å². The Morgan fingerprint density at radius 3 is 2.14 bits per heavy atom. The summed E-state index contributed by atoms with van der Waals surface area (Å²) in [6.45, 7) is 2.28. The highest BCUT2D eigenvalue weighted by atomic mass is 19.1. The SMILES string of the molecule is COc1ccc(NC(=O)N2CCN(c3ccc(NC(=O)c4ccccc4F)cc3C(=O)N(C)Cc3ccccc3)CC2)cc1. The van der Waals surface area contributed by atoms with Crippen molar-refractivity contribution in [3.63, 3.8) is 0 Å². The largest absolute Gasteiger partial charge is 0.497 e. The van der Waals surface area contributed by atoms with Crippen LogP contribution in [-0.2, 0) is 6.54 Å². The van der Waals surface area contributed by atoms with E-state index in [1.54, 1.807) is 72.5 Å². The summed E-state index contributed by atoms with van der Waals surface area (Å²) in [5, 5.41) is 5.64. The number of piperazine rings is 1. The number of ether oxygens (including phenoxy) is 1. The van der Waals surface area contributed by atoms with Crippen molar-refractivity contribution in [1.29, 1.82) is 0 Å². The number of amides is 4. The fraction of sp³-hybridized carbons (Fsp3) is 0.206. The Morgan fingerprint density at radius 2 is 1.45 bits per heavy atom. The lowest BCUT2D eigenvalue weighted by Crippen LogP contribution is -2.50. The first kappa shape index (κ1) is 30.1. The first-order valence-electron chi connectivity index (χ1n) is 14.3. The molecule has 1 aliphatic heterocycles. The van der Waals surface area contributed by atoms with Crippen LogP contribution in [0, 0.1) is 5.82 Å².